The molecule has 0 saturated carbocycles. The van der Waals surface area contributed by atoms with Gasteiger partial charge in [-0.3, -0.25) is 4.79 Å². The normalized spacial score (nSPS) is 10.5. The Balaban J connectivity index is 1.70. The van der Waals surface area contributed by atoms with Crippen molar-refractivity contribution in [1.82, 2.24) is 0 Å². The van der Waals surface area contributed by atoms with Crippen LogP contribution in [0.4, 0.5) is 15.8 Å². The molecule has 0 heterocycles. The summed E-state index contributed by atoms with van der Waals surface area (Å²) < 4.78 is 25.4. The van der Waals surface area contributed by atoms with Crippen LogP contribution in [0.25, 0.3) is 0 Å². The lowest BCUT2D eigenvalue weighted by Crippen LogP contribution is -2.06. The Morgan fingerprint density at radius 2 is 1.65 bits per heavy atom. The number of carbonyl (C=O) groups is 1. The highest BCUT2D eigenvalue weighted by Gasteiger charge is 2.13. The molecule has 0 unspecified atom stereocenters. The number of hydrogen-bond acceptors (Lipinski definition) is 4. The number of halogens is 2. The van der Waals surface area contributed by atoms with Crippen LogP contribution >= 0.6 is 11.6 Å². The summed E-state index contributed by atoms with van der Waals surface area (Å²) >= 11 is 6.47. The molecule has 7 heteroatoms. The van der Waals surface area contributed by atoms with E-state index in [2.05, 4.69) is 10.6 Å². The van der Waals surface area contributed by atoms with Gasteiger partial charge in [0.05, 0.1) is 6.61 Å². The van der Waals surface area contributed by atoms with Gasteiger partial charge < -0.3 is 20.1 Å². The SMILES string of the molecule is CCOc1cc(CNc2ccc(NC(C)=O)cc2)c(Cl)cc1OCc1ccccc1F. The number of hydrogen-bond donors (Lipinski definition) is 2. The van der Waals surface area contributed by atoms with Crippen LogP contribution in [0.3, 0.4) is 0 Å². The summed E-state index contributed by atoms with van der Waals surface area (Å²) in [6, 6.07) is 17.3. The molecule has 0 saturated heterocycles. The quantitative estimate of drug-likeness (QED) is 0.425. The maximum absolute atomic E-state index is 13.9. The maximum atomic E-state index is 13.9. The van der Waals surface area contributed by atoms with Gasteiger partial charge in [-0.25, -0.2) is 4.39 Å². The van der Waals surface area contributed by atoms with Gasteiger partial charge in [0.15, 0.2) is 11.5 Å². The predicted octanol–water partition coefficient (Wildman–Crippen LogP) is 6.03. The Morgan fingerprint density at radius 3 is 2.32 bits per heavy atom. The molecule has 0 aromatic heterocycles. The predicted molar refractivity (Wildman–Crippen MR) is 121 cm³/mol. The first-order chi connectivity index (χ1) is 15.0. The first kappa shape index (κ1) is 22.4. The lowest BCUT2D eigenvalue weighted by molar-refractivity contribution is -0.114. The van der Waals surface area contributed by atoms with Crippen LogP contribution in [0.2, 0.25) is 5.02 Å². The van der Waals surface area contributed by atoms with Gasteiger partial charge in [-0.15, -0.1) is 0 Å². The van der Waals surface area contributed by atoms with Gasteiger partial charge in [0, 0.05) is 41.5 Å². The van der Waals surface area contributed by atoms with E-state index in [1.165, 1.54) is 13.0 Å². The Kier molecular flexibility index (Phi) is 7.73. The van der Waals surface area contributed by atoms with Crippen LogP contribution in [0.1, 0.15) is 25.0 Å². The summed E-state index contributed by atoms with van der Waals surface area (Å²) in [6.07, 6.45) is 0. The third kappa shape index (κ3) is 6.36. The summed E-state index contributed by atoms with van der Waals surface area (Å²) in [6.45, 7) is 4.33. The largest absolute Gasteiger partial charge is 0.490 e. The van der Waals surface area contributed by atoms with Crippen molar-refractivity contribution in [2.45, 2.75) is 27.0 Å². The van der Waals surface area contributed by atoms with E-state index in [1.54, 1.807) is 24.3 Å². The van der Waals surface area contributed by atoms with E-state index in [-0.39, 0.29) is 18.3 Å². The van der Waals surface area contributed by atoms with E-state index in [4.69, 9.17) is 21.1 Å². The molecular weight excluding hydrogens is 419 g/mol. The third-order valence-corrected chi connectivity index (χ3v) is 4.79. The van der Waals surface area contributed by atoms with E-state index in [0.717, 1.165) is 16.9 Å². The fraction of sp³-hybridized carbons (Fsp3) is 0.208. The average molecular weight is 443 g/mol. The minimum absolute atomic E-state index is 0.0708. The summed E-state index contributed by atoms with van der Waals surface area (Å²) in [4.78, 5) is 11.1. The van der Waals surface area contributed by atoms with E-state index >= 15 is 0 Å². The molecule has 5 nitrogen and oxygen atoms in total. The van der Waals surface area contributed by atoms with Crippen LogP contribution in [-0.2, 0) is 17.9 Å². The number of benzene rings is 3. The molecule has 0 aliphatic rings. The van der Waals surface area contributed by atoms with E-state index in [9.17, 15) is 9.18 Å². The second-order valence-electron chi connectivity index (χ2n) is 6.82. The second-order valence-corrected chi connectivity index (χ2v) is 7.22. The van der Waals surface area contributed by atoms with Crippen molar-refractivity contribution >= 4 is 28.9 Å². The lowest BCUT2D eigenvalue weighted by Gasteiger charge is -2.16. The number of ether oxygens (including phenoxy) is 2. The molecule has 0 spiro atoms. The molecule has 31 heavy (non-hydrogen) atoms. The molecule has 0 aliphatic carbocycles. The molecule has 3 aromatic carbocycles. The first-order valence-corrected chi connectivity index (χ1v) is 10.3. The molecule has 3 rings (SSSR count). The van der Waals surface area contributed by atoms with Crippen molar-refractivity contribution in [3.05, 3.63) is 82.6 Å². The van der Waals surface area contributed by atoms with Crippen LogP contribution in [0.5, 0.6) is 11.5 Å². The van der Waals surface area contributed by atoms with E-state index in [0.29, 0.717) is 35.2 Å². The molecule has 1 amide bonds. The standard InChI is InChI=1S/C24H24ClFN2O3/c1-3-30-23-12-18(14-27-19-8-10-20(11-9-19)28-16(2)29)21(25)13-24(23)31-15-17-6-4-5-7-22(17)26/h4-13,27H,3,14-15H2,1-2H3,(H,28,29). The average Bonchev–Trinajstić information content (AvgIpc) is 2.74. The van der Waals surface area contributed by atoms with Crippen LogP contribution in [0, 0.1) is 5.82 Å². The highest BCUT2D eigenvalue weighted by Crippen LogP contribution is 2.34. The molecule has 2 N–H and O–H groups in total. The van der Waals surface area contributed by atoms with Crippen molar-refractivity contribution < 1.29 is 18.7 Å². The van der Waals surface area contributed by atoms with Gasteiger partial charge in [0.2, 0.25) is 5.91 Å². The van der Waals surface area contributed by atoms with Crippen molar-refractivity contribution in [1.29, 1.82) is 0 Å². The van der Waals surface area contributed by atoms with Gasteiger partial charge in [-0.2, -0.15) is 0 Å². The fourth-order valence-electron chi connectivity index (χ4n) is 2.94. The Morgan fingerprint density at radius 1 is 0.968 bits per heavy atom. The van der Waals surface area contributed by atoms with E-state index < -0.39 is 0 Å². The van der Waals surface area contributed by atoms with E-state index in [1.807, 2.05) is 37.3 Å². The van der Waals surface area contributed by atoms with Crippen LogP contribution in [-0.4, -0.2) is 12.5 Å². The summed E-state index contributed by atoms with van der Waals surface area (Å²) in [5, 5.41) is 6.53. The van der Waals surface area contributed by atoms with Crippen molar-refractivity contribution in [3.63, 3.8) is 0 Å². The third-order valence-electron chi connectivity index (χ3n) is 4.44. The van der Waals surface area contributed by atoms with Gasteiger partial charge in [-0.1, -0.05) is 29.8 Å². The molecule has 0 radical (unpaired) electrons. The van der Waals surface area contributed by atoms with Crippen LogP contribution < -0.4 is 20.1 Å². The molecule has 0 aliphatic heterocycles. The van der Waals surface area contributed by atoms with Crippen LogP contribution in [0.15, 0.2) is 60.7 Å². The highest BCUT2D eigenvalue weighted by molar-refractivity contribution is 6.31. The summed E-state index contributed by atoms with van der Waals surface area (Å²) in [5.41, 5.74) is 2.89. The van der Waals surface area contributed by atoms with Gasteiger partial charge in [-0.05, 0) is 48.9 Å². The van der Waals surface area contributed by atoms with Crippen molar-refractivity contribution in [3.8, 4) is 11.5 Å². The number of amides is 1. The maximum Gasteiger partial charge on any atom is 0.221 e. The van der Waals surface area contributed by atoms with Gasteiger partial charge >= 0.3 is 0 Å². The number of nitrogens with one attached hydrogen (secondary N) is 2. The highest BCUT2D eigenvalue weighted by atomic mass is 35.5. The fourth-order valence-corrected chi connectivity index (χ4v) is 3.16. The molecule has 162 valence electrons. The zero-order valence-corrected chi connectivity index (χ0v) is 18.1. The molecule has 0 fully saturated rings. The molecular formula is C24H24ClFN2O3. The lowest BCUT2D eigenvalue weighted by atomic mass is 10.1. The minimum Gasteiger partial charge on any atom is -0.490 e. The summed E-state index contributed by atoms with van der Waals surface area (Å²) in [7, 11) is 0. The topological polar surface area (TPSA) is 59.6 Å². The summed E-state index contributed by atoms with van der Waals surface area (Å²) in [5.74, 6) is 0.560. The smallest absolute Gasteiger partial charge is 0.221 e. The molecule has 0 bridgehead atoms. The minimum atomic E-state index is -0.322. The molecule has 0 atom stereocenters. The number of carbonyl (C=O) groups excluding carboxylic acids is 1. The monoisotopic (exact) mass is 442 g/mol. The zero-order chi connectivity index (χ0) is 22.2. The van der Waals surface area contributed by atoms with Crippen molar-refractivity contribution in [2.75, 3.05) is 17.2 Å². The number of rotatable bonds is 9. The molecule has 3 aromatic rings. The van der Waals surface area contributed by atoms with Crippen molar-refractivity contribution in [2.24, 2.45) is 0 Å². The Labute approximate surface area is 186 Å². The Hall–Kier alpha value is -3.25. The first-order valence-electron chi connectivity index (χ1n) is 9.89. The zero-order valence-electron chi connectivity index (χ0n) is 17.4. The van der Waals surface area contributed by atoms with Gasteiger partial charge in [0.25, 0.3) is 0 Å². The number of anilines is 2. The second kappa shape index (κ2) is 10.7. The Bertz CT molecular complexity index is 1040. The van der Waals surface area contributed by atoms with Gasteiger partial charge in [0.1, 0.15) is 12.4 Å².